The molecule has 0 heterocycles. The van der Waals surface area contributed by atoms with Gasteiger partial charge in [0, 0.05) is 0 Å². The predicted octanol–water partition coefficient (Wildman–Crippen LogP) is 10.0. The standard InChI is InChI=1S/C29H36Cl2F6O4Si2/c1-38-23-17-19(9-7-15-42(3,4)30)11-13-21(23)40-25-26(28(34,35)29(36,37)27(25,32)33)41-22-14-12-20(18-24(22)39-2)10-8-16-43(5,6)31/h11-14,17-18H,7-10,15-16H2,1-6H3. The monoisotopic (exact) mass is 688 g/mol. The summed E-state index contributed by atoms with van der Waals surface area (Å²) in [6.07, 6.45) is 2.65. The lowest BCUT2D eigenvalue weighted by atomic mass is 10.1. The number of hydrogen-bond acceptors (Lipinski definition) is 4. The fourth-order valence-corrected chi connectivity index (χ4v) is 7.37. The van der Waals surface area contributed by atoms with Gasteiger partial charge in [0.15, 0.2) is 37.8 Å². The largest absolute Gasteiger partial charge is 0.493 e. The van der Waals surface area contributed by atoms with Gasteiger partial charge in [-0.15, -0.1) is 0 Å². The number of rotatable bonds is 14. The van der Waals surface area contributed by atoms with Crippen LogP contribution in [0, 0.1) is 0 Å². The van der Waals surface area contributed by atoms with Crippen molar-refractivity contribution in [3.8, 4) is 23.0 Å². The van der Waals surface area contributed by atoms with E-state index in [-0.39, 0.29) is 11.5 Å². The summed E-state index contributed by atoms with van der Waals surface area (Å²) in [4.78, 5) is 0. The topological polar surface area (TPSA) is 36.9 Å². The molecule has 43 heavy (non-hydrogen) atoms. The molecule has 0 saturated carbocycles. The van der Waals surface area contributed by atoms with Gasteiger partial charge in [0.05, 0.1) is 14.2 Å². The Morgan fingerprint density at radius 2 is 0.953 bits per heavy atom. The summed E-state index contributed by atoms with van der Waals surface area (Å²) in [6.45, 7) is 8.01. The van der Waals surface area contributed by atoms with E-state index in [1.807, 2.05) is 26.2 Å². The Balaban J connectivity index is 1.97. The predicted molar refractivity (Wildman–Crippen MR) is 162 cm³/mol. The summed E-state index contributed by atoms with van der Waals surface area (Å²) in [5.41, 5.74) is 1.47. The van der Waals surface area contributed by atoms with E-state index in [0.29, 0.717) is 12.8 Å². The summed E-state index contributed by atoms with van der Waals surface area (Å²) in [5.74, 6) is -21.9. The fourth-order valence-electron chi connectivity index (χ4n) is 4.54. The summed E-state index contributed by atoms with van der Waals surface area (Å²) >= 11 is 12.7. The third-order valence-electron chi connectivity index (χ3n) is 6.92. The van der Waals surface area contributed by atoms with Crippen LogP contribution in [0.4, 0.5) is 26.3 Å². The molecular weight excluding hydrogens is 653 g/mol. The molecule has 0 amide bonds. The number of aryl methyl sites for hydroxylation is 2. The van der Waals surface area contributed by atoms with Gasteiger partial charge in [-0.25, -0.2) is 0 Å². The van der Waals surface area contributed by atoms with Gasteiger partial charge in [-0.1, -0.05) is 51.2 Å². The molecule has 1 aliphatic carbocycles. The second-order valence-corrected chi connectivity index (χ2v) is 25.7. The lowest BCUT2D eigenvalue weighted by Crippen LogP contribution is -2.50. The first kappa shape index (κ1) is 35.5. The molecule has 2 aromatic rings. The van der Waals surface area contributed by atoms with Crippen LogP contribution in [0.25, 0.3) is 0 Å². The Morgan fingerprint density at radius 1 is 0.605 bits per heavy atom. The first-order valence-electron chi connectivity index (χ1n) is 13.7. The van der Waals surface area contributed by atoms with Gasteiger partial charge in [0.1, 0.15) is 0 Å². The van der Waals surface area contributed by atoms with Crippen LogP contribution in [0.1, 0.15) is 24.0 Å². The van der Waals surface area contributed by atoms with Gasteiger partial charge in [0.25, 0.3) is 0 Å². The van der Waals surface area contributed by atoms with Crippen molar-refractivity contribution in [2.24, 2.45) is 0 Å². The lowest BCUT2D eigenvalue weighted by Gasteiger charge is -2.24. The lowest BCUT2D eigenvalue weighted by molar-refractivity contribution is -0.273. The molecule has 0 bridgehead atoms. The number of benzene rings is 2. The maximum absolute atomic E-state index is 15.0. The molecule has 4 nitrogen and oxygen atoms in total. The summed E-state index contributed by atoms with van der Waals surface area (Å²) in [6, 6.07) is 10.0. The van der Waals surface area contributed by atoms with Gasteiger partial charge in [0.2, 0.25) is 11.5 Å². The Bertz CT molecular complexity index is 1230. The highest BCUT2D eigenvalue weighted by Crippen LogP contribution is 2.60. The van der Waals surface area contributed by atoms with Crippen LogP contribution >= 0.6 is 22.2 Å². The third kappa shape index (κ3) is 8.17. The van der Waals surface area contributed by atoms with Crippen molar-refractivity contribution < 1.29 is 45.3 Å². The molecule has 0 saturated heterocycles. The second-order valence-electron chi connectivity index (χ2n) is 11.7. The van der Waals surface area contributed by atoms with E-state index < -0.39 is 55.6 Å². The molecule has 2 aromatic carbocycles. The molecule has 0 radical (unpaired) electrons. The summed E-state index contributed by atoms with van der Waals surface area (Å²) < 4.78 is 110. The van der Waals surface area contributed by atoms with Crippen LogP contribution in [0.5, 0.6) is 23.0 Å². The fraction of sp³-hybridized carbons (Fsp3) is 0.517. The van der Waals surface area contributed by atoms with E-state index in [9.17, 15) is 8.78 Å². The SMILES string of the molecule is COc1cc(CCC[Si](C)(C)Cl)ccc1OC1=C(Oc2ccc(CCC[Si](C)(C)Cl)cc2OC)C(F)(F)C(F)(F)C1(F)F. The van der Waals surface area contributed by atoms with Crippen LogP contribution < -0.4 is 18.9 Å². The highest BCUT2D eigenvalue weighted by Gasteiger charge is 2.83. The third-order valence-corrected chi connectivity index (χ3v) is 11.1. The van der Waals surface area contributed by atoms with Gasteiger partial charge in [-0.05, 0) is 60.3 Å². The molecule has 14 heteroatoms. The zero-order valence-corrected chi connectivity index (χ0v) is 28.4. The number of halogens is 8. The van der Waals surface area contributed by atoms with Crippen molar-refractivity contribution in [2.75, 3.05) is 14.2 Å². The van der Waals surface area contributed by atoms with E-state index in [1.54, 1.807) is 0 Å². The van der Waals surface area contributed by atoms with Gasteiger partial charge >= 0.3 is 17.8 Å². The average Bonchev–Trinajstić information content (AvgIpc) is 2.98. The maximum atomic E-state index is 15.0. The first-order chi connectivity index (χ1) is 19.7. The molecule has 0 N–H and O–H groups in total. The Labute approximate surface area is 259 Å². The molecule has 0 aromatic heterocycles. The first-order valence-corrected chi connectivity index (χ1v) is 22.1. The number of hydrogen-bond donors (Lipinski definition) is 0. The highest BCUT2D eigenvalue weighted by atomic mass is 35.6. The van der Waals surface area contributed by atoms with Crippen LogP contribution in [0.2, 0.25) is 38.3 Å². The molecule has 3 rings (SSSR count). The van der Waals surface area contributed by atoms with Crippen LogP contribution in [-0.4, -0.2) is 46.8 Å². The molecule has 0 aliphatic heterocycles. The Morgan fingerprint density at radius 3 is 1.26 bits per heavy atom. The van der Waals surface area contributed by atoms with Gasteiger partial charge in [-0.3, -0.25) is 0 Å². The highest BCUT2D eigenvalue weighted by molar-refractivity contribution is 7.19. The van der Waals surface area contributed by atoms with Crippen molar-refractivity contribution in [2.45, 2.75) is 81.7 Å². The molecular formula is C29H36Cl2F6O4Si2. The average molecular weight is 690 g/mol. The minimum atomic E-state index is -5.85. The van der Waals surface area contributed by atoms with Crippen molar-refractivity contribution in [3.63, 3.8) is 0 Å². The quantitative estimate of drug-likeness (QED) is 0.112. The Kier molecular flexibility index (Phi) is 10.8. The number of allylic oxidation sites excluding steroid dienone is 2. The Hall–Kier alpha value is -2.03. The number of alkyl halides is 6. The van der Waals surface area contributed by atoms with Crippen LogP contribution in [0.15, 0.2) is 47.9 Å². The molecule has 0 atom stereocenters. The van der Waals surface area contributed by atoms with Crippen molar-refractivity contribution in [3.05, 3.63) is 59.0 Å². The maximum Gasteiger partial charge on any atom is 0.387 e. The number of ether oxygens (including phenoxy) is 4. The molecule has 0 spiro atoms. The van der Waals surface area contributed by atoms with Gasteiger partial charge < -0.3 is 18.9 Å². The van der Waals surface area contributed by atoms with Crippen molar-refractivity contribution >= 4 is 36.9 Å². The smallest absolute Gasteiger partial charge is 0.387 e. The van der Waals surface area contributed by atoms with E-state index in [0.717, 1.165) is 36.1 Å². The van der Waals surface area contributed by atoms with E-state index >= 15 is 17.6 Å². The normalized spacial score (nSPS) is 17.6. The van der Waals surface area contributed by atoms with Crippen molar-refractivity contribution in [1.29, 1.82) is 0 Å². The number of methoxy groups -OCH3 is 2. The van der Waals surface area contributed by atoms with Crippen molar-refractivity contribution in [1.82, 2.24) is 0 Å². The minimum absolute atomic E-state index is 0.105. The summed E-state index contributed by atoms with van der Waals surface area (Å²) in [5, 5.41) is 0. The molecule has 240 valence electrons. The minimum Gasteiger partial charge on any atom is -0.493 e. The molecule has 0 unspecified atom stereocenters. The molecule has 1 aliphatic rings. The molecule has 0 fully saturated rings. The zero-order valence-electron chi connectivity index (χ0n) is 24.9. The summed E-state index contributed by atoms with van der Waals surface area (Å²) in [7, 11) is -1.21. The van der Waals surface area contributed by atoms with E-state index in [1.165, 1.54) is 50.6 Å². The second kappa shape index (κ2) is 13.1. The van der Waals surface area contributed by atoms with Crippen LogP contribution in [0.3, 0.4) is 0 Å². The van der Waals surface area contributed by atoms with Gasteiger partial charge in [-0.2, -0.15) is 48.5 Å². The van der Waals surface area contributed by atoms with Crippen LogP contribution in [-0.2, 0) is 12.8 Å². The van der Waals surface area contributed by atoms with E-state index in [2.05, 4.69) is 0 Å². The zero-order chi connectivity index (χ0) is 32.4. The van der Waals surface area contributed by atoms with E-state index in [4.69, 9.17) is 41.1 Å².